The second-order valence-electron chi connectivity index (χ2n) is 2.31. The van der Waals surface area contributed by atoms with E-state index in [1.54, 1.807) is 0 Å². The van der Waals surface area contributed by atoms with Crippen molar-refractivity contribution in [3.8, 4) is 5.75 Å². The van der Waals surface area contributed by atoms with Crippen LogP contribution in [-0.2, 0) is 11.4 Å². The van der Waals surface area contributed by atoms with Crippen LogP contribution in [0.25, 0.3) is 0 Å². The van der Waals surface area contributed by atoms with E-state index in [0.29, 0.717) is 6.07 Å². The molecule has 1 rings (SSSR count). The molecule has 0 spiro atoms. The molecule has 0 amide bonds. The van der Waals surface area contributed by atoms with E-state index in [0.717, 1.165) is 6.07 Å². The summed E-state index contributed by atoms with van der Waals surface area (Å²) in [5.41, 5.74) is -0.0104. The van der Waals surface area contributed by atoms with Gasteiger partial charge in [0.2, 0.25) is 0 Å². The topological polar surface area (TPSA) is 46.5 Å². The molecule has 1 atom stereocenters. The van der Waals surface area contributed by atoms with Crippen molar-refractivity contribution in [1.29, 1.82) is 0 Å². The number of hydrogen-bond donors (Lipinski definition) is 1. The molecule has 1 aromatic rings. The van der Waals surface area contributed by atoms with Gasteiger partial charge in [0, 0.05) is 17.7 Å². The molecule has 0 fully saturated rings. The zero-order chi connectivity index (χ0) is 10.0. The van der Waals surface area contributed by atoms with E-state index in [-0.39, 0.29) is 11.3 Å². The molecular weight excluding hydrogens is 202 g/mol. The summed E-state index contributed by atoms with van der Waals surface area (Å²) in [6.07, 6.45) is 0. The Kier molecular flexibility index (Phi) is 2.94. The van der Waals surface area contributed by atoms with Crippen LogP contribution in [0.2, 0.25) is 0 Å². The molecule has 0 aromatic heterocycles. The summed E-state index contributed by atoms with van der Waals surface area (Å²) in [7, 11) is 0. The van der Waals surface area contributed by atoms with Crippen LogP contribution in [-0.4, -0.2) is 8.76 Å². The second kappa shape index (κ2) is 3.80. The quantitative estimate of drug-likeness (QED) is 0.753. The molecule has 0 saturated carbocycles. The summed E-state index contributed by atoms with van der Waals surface area (Å²) in [4.78, 5) is 0. The monoisotopic (exact) mass is 208 g/mol. The van der Waals surface area contributed by atoms with Crippen LogP contribution in [0.3, 0.4) is 0 Å². The summed E-state index contributed by atoms with van der Waals surface area (Å²) < 4.78 is 48.1. The molecule has 13 heavy (non-hydrogen) atoms. The summed E-state index contributed by atoms with van der Waals surface area (Å²) in [6.45, 7) is 1.32. The first kappa shape index (κ1) is 10.1. The maximum absolute atomic E-state index is 12.8. The maximum Gasteiger partial charge on any atom is 0.357 e. The van der Waals surface area contributed by atoms with Crippen molar-refractivity contribution >= 4 is 11.4 Å². The third-order valence-electron chi connectivity index (χ3n) is 1.42. The maximum atomic E-state index is 12.8. The number of halogens is 2. The van der Waals surface area contributed by atoms with Crippen molar-refractivity contribution < 1.29 is 21.7 Å². The number of rotatable bonds is 2. The van der Waals surface area contributed by atoms with Crippen molar-refractivity contribution in [3.63, 3.8) is 0 Å². The lowest BCUT2D eigenvalue weighted by molar-refractivity contribution is 0.450. The van der Waals surface area contributed by atoms with E-state index in [1.165, 1.54) is 6.92 Å². The van der Waals surface area contributed by atoms with Crippen molar-refractivity contribution in [2.75, 3.05) is 0 Å². The van der Waals surface area contributed by atoms with Crippen LogP contribution in [0.5, 0.6) is 5.75 Å². The van der Waals surface area contributed by atoms with Crippen LogP contribution < -0.4 is 4.18 Å². The van der Waals surface area contributed by atoms with Crippen LogP contribution in [0.4, 0.5) is 8.78 Å². The fourth-order valence-electron chi connectivity index (χ4n) is 0.786. The van der Waals surface area contributed by atoms with Crippen molar-refractivity contribution in [2.24, 2.45) is 0 Å². The highest BCUT2D eigenvalue weighted by atomic mass is 32.2. The molecule has 1 aromatic carbocycles. The average Bonchev–Trinajstić information content (AvgIpc) is 1.98. The van der Waals surface area contributed by atoms with E-state index >= 15 is 0 Å². The second-order valence-corrected chi connectivity index (χ2v) is 2.91. The smallest absolute Gasteiger partial charge is 0.357 e. The van der Waals surface area contributed by atoms with Gasteiger partial charge in [-0.3, -0.25) is 4.55 Å². The van der Waals surface area contributed by atoms with E-state index in [1.807, 2.05) is 0 Å². The van der Waals surface area contributed by atoms with Gasteiger partial charge < -0.3 is 4.18 Å². The minimum atomic E-state index is -2.58. The van der Waals surface area contributed by atoms with Crippen molar-refractivity contribution in [3.05, 3.63) is 29.3 Å². The largest absolute Gasteiger partial charge is 0.380 e. The standard InChI is InChI=1S/C7H6F2O3S/c1-4-6(9)2-5(8)3-7(4)12-13(10)11/h2-3H,1H3,(H,10,11). The Balaban J connectivity index is 3.12. The molecule has 0 bridgehead atoms. The number of benzene rings is 1. The van der Waals surface area contributed by atoms with Gasteiger partial charge in [0.05, 0.1) is 0 Å². The van der Waals surface area contributed by atoms with Gasteiger partial charge in [0.25, 0.3) is 0 Å². The molecule has 0 aliphatic heterocycles. The summed E-state index contributed by atoms with van der Waals surface area (Å²) >= 11 is -2.58. The molecule has 0 aliphatic rings. The Morgan fingerprint density at radius 2 is 2.08 bits per heavy atom. The normalized spacial score (nSPS) is 12.6. The highest BCUT2D eigenvalue weighted by molar-refractivity contribution is 7.74. The van der Waals surface area contributed by atoms with Crippen LogP contribution >= 0.6 is 0 Å². The first-order chi connectivity index (χ1) is 6.00. The number of hydrogen-bond acceptors (Lipinski definition) is 2. The Morgan fingerprint density at radius 3 is 2.62 bits per heavy atom. The minimum Gasteiger partial charge on any atom is -0.380 e. The van der Waals surface area contributed by atoms with Crippen LogP contribution in [0.1, 0.15) is 5.56 Å². The van der Waals surface area contributed by atoms with E-state index in [4.69, 9.17) is 4.55 Å². The highest BCUT2D eigenvalue weighted by Crippen LogP contribution is 2.22. The van der Waals surface area contributed by atoms with Gasteiger partial charge in [-0.2, -0.15) is 4.21 Å². The zero-order valence-corrected chi connectivity index (χ0v) is 7.40. The van der Waals surface area contributed by atoms with Gasteiger partial charge in [-0.25, -0.2) is 8.78 Å². The average molecular weight is 208 g/mol. The molecule has 1 N–H and O–H groups in total. The van der Waals surface area contributed by atoms with Gasteiger partial charge in [-0.05, 0) is 6.92 Å². The lowest BCUT2D eigenvalue weighted by Crippen LogP contribution is -2.01. The molecule has 1 unspecified atom stereocenters. The first-order valence-electron chi connectivity index (χ1n) is 3.25. The van der Waals surface area contributed by atoms with Crippen molar-refractivity contribution in [2.45, 2.75) is 6.92 Å². The summed E-state index contributed by atoms with van der Waals surface area (Å²) in [6, 6.07) is 1.51. The van der Waals surface area contributed by atoms with Gasteiger partial charge in [-0.1, -0.05) is 0 Å². The molecule has 72 valence electrons. The van der Waals surface area contributed by atoms with Crippen molar-refractivity contribution in [1.82, 2.24) is 0 Å². The third kappa shape index (κ3) is 2.46. The lowest BCUT2D eigenvalue weighted by Gasteiger charge is -2.04. The Hall–Kier alpha value is -1.01. The zero-order valence-electron chi connectivity index (χ0n) is 6.58. The third-order valence-corrected chi connectivity index (χ3v) is 1.74. The summed E-state index contributed by atoms with van der Waals surface area (Å²) in [5, 5.41) is 0. The van der Waals surface area contributed by atoms with Gasteiger partial charge in [0.15, 0.2) is 5.75 Å². The van der Waals surface area contributed by atoms with Gasteiger partial charge in [-0.15, -0.1) is 0 Å². The fraction of sp³-hybridized carbons (Fsp3) is 0.143. The molecule has 0 saturated heterocycles. The van der Waals surface area contributed by atoms with E-state index in [2.05, 4.69) is 4.18 Å². The highest BCUT2D eigenvalue weighted by Gasteiger charge is 2.10. The summed E-state index contributed by atoms with van der Waals surface area (Å²) in [5.74, 6) is -1.96. The molecular formula is C7H6F2O3S. The lowest BCUT2D eigenvalue weighted by atomic mass is 10.2. The molecule has 3 nitrogen and oxygen atoms in total. The Morgan fingerprint density at radius 1 is 1.46 bits per heavy atom. The van der Waals surface area contributed by atoms with Crippen LogP contribution in [0, 0.1) is 18.6 Å². The first-order valence-corrected chi connectivity index (χ1v) is 4.28. The Labute approximate surface area is 75.8 Å². The van der Waals surface area contributed by atoms with E-state index in [9.17, 15) is 13.0 Å². The predicted octanol–water partition coefficient (Wildman–Crippen LogP) is 1.79. The molecule has 6 heteroatoms. The molecule has 0 heterocycles. The SMILES string of the molecule is Cc1c(F)cc(F)cc1OS(=O)O. The predicted molar refractivity (Wildman–Crippen MR) is 42.5 cm³/mol. The van der Waals surface area contributed by atoms with Gasteiger partial charge >= 0.3 is 11.4 Å². The van der Waals surface area contributed by atoms with E-state index < -0.39 is 23.0 Å². The molecule has 0 radical (unpaired) electrons. The van der Waals surface area contributed by atoms with Crippen LogP contribution in [0.15, 0.2) is 12.1 Å². The van der Waals surface area contributed by atoms with Gasteiger partial charge in [0.1, 0.15) is 11.6 Å². The molecule has 0 aliphatic carbocycles. The Bertz CT molecular complexity index is 354. The minimum absolute atomic E-state index is 0.0104. The fourth-order valence-corrected chi connectivity index (χ4v) is 1.11.